The summed E-state index contributed by atoms with van der Waals surface area (Å²) in [6, 6.07) is 3.84. The van der Waals surface area contributed by atoms with Crippen LogP contribution < -0.4 is 19.9 Å². The Balaban J connectivity index is 1.42. The summed E-state index contributed by atoms with van der Waals surface area (Å²) in [6.45, 7) is 1.48. The lowest BCUT2D eigenvalue weighted by Gasteiger charge is -2.41. The highest BCUT2D eigenvalue weighted by molar-refractivity contribution is 5.86. The van der Waals surface area contributed by atoms with Gasteiger partial charge < -0.3 is 25.0 Å². The molecule has 3 heterocycles. The average Bonchev–Trinajstić information content (AvgIpc) is 2.87. The van der Waals surface area contributed by atoms with E-state index in [9.17, 15) is 31.1 Å². The number of aliphatic hydroxyl groups is 1. The smallest absolute Gasteiger partial charge is 0.451 e. The van der Waals surface area contributed by atoms with Crippen LogP contribution in [0.5, 0.6) is 5.75 Å². The minimum atomic E-state index is -4.77. The second-order valence-corrected chi connectivity index (χ2v) is 9.91. The lowest BCUT2D eigenvalue weighted by molar-refractivity contribution is -0.144. The molecule has 2 saturated heterocycles. The van der Waals surface area contributed by atoms with Gasteiger partial charge in [0.2, 0.25) is 11.7 Å². The van der Waals surface area contributed by atoms with Crippen molar-refractivity contribution in [1.29, 1.82) is 0 Å². The first-order valence-electron chi connectivity index (χ1n) is 13.0. The first-order chi connectivity index (χ1) is 18.9. The molecule has 40 heavy (non-hydrogen) atoms. The second-order valence-electron chi connectivity index (χ2n) is 9.91. The predicted molar refractivity (Wildman–Crippen MR) is 134 cm³/mol. The van der Waals surface area contributed by atoms with E-state index in [1.807, 2.05) is 0 Å². The minimum absolute atomic E-state index is 0.00520. The Labute approximate surface area is 227 Å². The Bertz CT molecular complexity index is 1180. The highest BCUT2D eigenvalue weighted by atomic mass is 19.4. The summed E-state index contributed by atoms with van der Waals surface area (Å²) in [5.74, 6) is -1.21. The number of halogens is 6. The SMILES string of the molecule is COc1cc(C(F)(F)F)ccc1CCNC(=O)C1CCN1c1cc(N2CCC(CCO)CC2)nc(C(F)(F)F)n1. The number of alkyl halides is 6. The minimum Gasteiger partial charge on any atom is -0.496 e. The van der Waals surface area contributed by atoms with Gasteiger partial charge in [-0.2, -0.15) is 26.3 Å². The zero-order valence-corrected chi connectivity index (χ0v) is 21.9. The van der Waals surface area contributed by atoms with E-state index in [2.05, 4.69) is 15.3 Å². The molecule has 0 spiro atoms. The monoisotopic (exact) mass is 575 g/mol. The van der Waals surface area contributed by atoms with Gasteiger partial charge in [0.15, 0.2) is 0 Å². The van der Waals surface area contributed by atoms with E-state index in [4.69, 9.17) is 9.84 Å². The molecule has 4 rings (SSSR count). The number of carbonyl (C=O) groups excluding carboxylic acids is 1. The lowest BCUT2D eigenvalue weighted by Crippen LogP contribution is -2.57. The number of benzene rings is 1. The number of amides is 1. The van der Waals surface area contributed by atoms with Crippen molar-refractivity contribution in [2.75, 3.05) is 49.7 Å². The van der Waals surface area contributed by atoms with Gasteiger partial charge in [0.25, 0.3) is 0 Å². The van der Waals surface area contributed by atoms with Crippen LogP contribution in [0.2, 0.25) is 0 Å². The number of nitrogens with zero attached hydrogens (tertiary/aromatic N) is 4. The molecular formula is C26H31F6N5O3. The Morgan fingerprint density at radius 1 is 1.02 bits per heavy atom. The summed E-state index contributed by atoms with van der Waals surface area (Å²) in [5, 5.41) is 11.9. The Morgan fingerprint density at radius 3 is 2.30 bits per heavy atom. The highest BCUT2D eigenvalue weighted by Crippen LogP contribution is 2.35. The lowest BCUT2D eigenvalue weighted by atomic mass is 9.94. The third-order valence-corrected chi connectivity index (χ3v) is 7.35. The maximum absolute atomic E-state index is 13.7. The molecule has 1 aromatic heterocycles. The van der Waals surface area contributed by atoms with Crippen LogP contribution in [-0.2, 0) is 23.6 Å². The standard InChI is InChI=1S/C26H31F6N5O3/c1-40-20-14-18(25(27,28)29)3-2-17(20)4-9-33-23(39)19-7-12-37(19)22-15-21(34-24(35-22)26(30,31)32)36-10-5-16(6-11-36)8-13-38/h2-3,14-16,19,38H,4-13H2,1H3,(H,33,39). The summed E-state index contributed by atoms with van der Waals surface area (Å²) in [7, 11) is 1.26. The molecule has 2 fully saturated rings. The number of hydrogen-bond donors (Lipinski definition) is 2. The number of anilines is 2. The molecule has 8 nitrogen and oxygen atoms in total. The summed E-state index contributed by atoms with van der Waals surface area (Å²) < 4.78 is 84.9. The number of ether oxygens (including phenoxy) is 1. The van der Waals surface area contributed by atoms with Crippen molar-refractivity contribution >= 4 is 17.5 Å². The van der Waals surface area contributed by atoms with Gasteiger partial charge in [-0.15, -0.1) is 0 Å². The van der Waals surface area contributed by atoms with Gasteiger partial charge in [-0.05, 0) is 55.7 Å². The number of aromatic nitrogens is 2. The van der Waals surface area contributed by atoms with Gasteiger partial charge >= 0.3 is 12.4 Å². The number of carbonyl (C=O) groups is 1. The zero-order chi connectivity index (χ0) is 29.1. The van der Waals surface area contributed by atoms with Crippen LogP contribution in [0.1, 0.15) is 42.6 Å². The topological polar surface area (TPSA) is 90.8 Å². The molecule has 220 valence electrons. The van der Waals surface area contributed by atoms with Crippen molar-refractivity contribution < 1.29 is 41.0 Å². The van der Waals surface area contributed by atoms with Crippen LogP contribution in [0.3, 0.4) is 0 Å². The van der Waals surface area contributed by atoms with E-state index in [1.54, 1.807) is 4.90 Å². The zero-order valence-electron chi connectivity index (χ0n) is 21.9. The number of nitrogens with one attached hydrogen (secondary N) is 1. The van der Waals surface area contributed by atoms with Crippen molar-refractivity contribution in [2.45, 2.75) is 50.5 Å². The number of hydrogen-bond acceptors (Lipinski definition) is 7. The number of methoxy groups -OCH3 is 1. The average molecular weight is 576 g/mol. The van der Waals surface area contributed by atoms with Crippen LogP contribution in [0.25, 0.3) is 0 Å². The number of rotatable bonds is 9. The summed E-state index contributed by atoms with van der Waals surface area (Å²) in [5.41, 5.74) is -0.376. The Morgan fingerprint density at radius 2 is 1.73 bits per heavy atom. The molecule has 1 aromatic carbocycles. The predicted octanol–water partition coefficient (Wildman–Crippen LogP) is 4.06. The fourth-order valence-electron chi connectivity index (χ4n) is 4.99. The van der Waals surface area contributed by atoms with Gasteiger partial charge in [-0.25, -0.2) is 9.97 Å². The van der Waals surface area contributed by atoms with E-state index in [0.717, 1.165) is 25.0 Å². The molecule has 0 bridgehead atoms. The van der Waals surface area contributed by atoms with E-state index in [0.29, 0.717) is 44.0 Å². The van der Waals surface area contributed by atoms with Gasteiger partial charge in [-0.1, -0.05) is 6.07 Å². The van der Waals surface area contributed by atoms with Crippen molar-refractivity contribution in [1.82, 2.24) is 15.3 Å². The van der Waals surface area contributed by atoms with Gasteiger partial charge in [-0.3, -0.25) is 4.79 Å². The first-order valence-corrected chi connectivity index (χ1v) is 13.0. The fraction of sp³-hybridized carbons (Fsp3) is 0.577. The first kappa shape index (κ1) is 29.7. The fourth-order valence-corrected chi connectivity index (χ4v) is 4.99. The molecule has 14 heteroatoms. The molecule has 2 aromatic rings. The summed E-state index contributed by atoms with van der Waals surface area (Å²) in [6.07, 6.45) is -6.60. The van der Waals surface area contributed by atoms with Gasteiger partial charge in [0.05, 0.1) is 12.7 Å². The molecule has 1 atom stereocenters. The van der Waals surface area contributed by atoms with Crippen molar-refractivity contribution in [3.8, 4) is 5.75 Å². The van der Waals surface area contributed by atoms with E-state index < -0.39 is 35.7 Å². The highest BCUT2D eigenvalue weighted by Gasteiger charge is 2.40. The molecule has 1 amide bonds. The molecule has 2 aliphatic rings. The third kappa shape index (κ3) is 6.88. The van der Waals surface area contributed by atoms with Gasteiger partial charge in [0, 0.05) is 38.9 Å². The maximum atomic E-state index is 13.7. The molecule has 0 radical (unpaired) electrons. The quantitative estimate of drug-likeness (QED) is 0.436. The van der Waals surface area contributed by atoms with Crippen molar-refractivity contribution in [2.24, 2.45) is 5.92 Å². The maximum Gasteiger partial charge on any atom is 0.451 e. The number of piperidine rings is 1. The van der Waals surface area contributed by atoms with Crippen LogP contribution in [0, 0.1) is 5.92 Å². The third-order valence-electron chi connectivity index (χ3n) is 7.35. The summed E-state index contributed by atoms with van der Waals surface area (Å²) in [4.78, 5) is 23.6. The normalized spacial score (nSPS) is 18.4. The summed E-state index contributed by atoms with van der Waals surface area (Å²) >= 11 is 0. The molecule has 0 aliphatic carbocycles. The molecule has 0 saturated carbocycles. The van der Waals surface area contributed by atoms with Crippen LogP contribution >= 0.6 is 0 Å². The molecular weight excluding hydrogens is 544 g/mol. The Kier molecular flexibility index (Phi) is 8.96. The largest absolute Gasteiger partial charge is 0.496 e. The van der Waals surface area contributed by atoms with E-state index in [1.165, 1.54) is 24.1 Å². The van der Waals surface area contributed by atoms with E-state index in [-0.39, 0.29) is 37.0 Å². The molecule has 1 unspecified atom stereocenters. The molecule has 2 N–H and O–H groups in total. The van der Waals surface area contributed by atoms with Gasteiger partial charge in [0.1, 0.15) is 23.4 Å². The van der Waals surface area contributed by atoms with Crippen molar-refractivity contribution in [3.63, 3.8) is 0 Å². The van der Waals surface area contributed by atoms with E-state index >= 15 is 0 Å². The Hall–Kier alpha value is -3.29. The number of aliphatic hydroxyl groups excluding tert-OH is 1. The van der Waals surface area contributed by atoms with Crippen molar-refractivity contribution in [3.05, 3.63) is 41.2 Å². The molecule has 2 aliphatic heterocycles. The van der Waals surface area contributed by atoms with Crippen LogP contribution in [0.15, 0.2) is 24.3 Å². The van der Waals surface area contributed by atoms with Crippen LogP contribution in [0.4, 0.5) is 38.0 Å². The van der Waals surface area contributed by atoms with Crippen LogP contribution in [-0.4, -0.2) is 66.9 Å². The second kappa shape index (κ2) is 12.1.